The van der Waals surface area contributed by atoms with Crippen molar-refractivity contribution in [2.75, 3.05) is 4.44 Å². The van der Waals surface area contributed by atoms with E-state index in [1.54, 1.807) is 21.6 Å². The fourth-order valence-electron chi connectivity index (χ4n) is 12.2. The molecule has 0 aromatic heterocycles. The molecule has 5 rings (SSSR count). The maximum absolute atomic E-state index is 17.3. The second-order valence-corrected chi connectivity index (χ2v) is 40.5. The normalized spacial score (nSPS) is 12.7. The smallest absolute Gasteiger partial charge is 0.147 e. The highest BCUT2D eigenvalue weighted by molar-refractivity contribution is 7.90. The molecule has 0 bridgehead atoms. The van der Waals surface area contributed by atoms with Crippen molar-refractivity contribution in [2.45, 2.75) is 232 Å². The predicted molar refractivity (Wildman–Crippen MR) is 341 cm³/mol. The van der Waals surface area contributed by atoms with Crippen LogP contribution in [0.1, 0.15) is 178 Å². The third-order valence-corrected chi connectivity index (χ3v) is 38.6. The Bertz CT molecular complexity index is 2090. The van der Waals surface area contributed by atoms with Crippen LogP contribution >= 0.6 is 16.1 Å². The van der Waals surface area contributed by atoms with Gasteiger partial charge in [0.05, 0.1) is 46.1 Å². The van der Waals surface area contributed by atoms with Crippen molar-refractivity contribution in [1.29, 1.82) is 0 Å². The van der Waals surface area contributed by atoms with Crippen LogP contribution in [-0.4, -0.2) is 24.2 Å². The molecule has 0 heterocycles. The van der Waals surface area contributed by atoms with Crippen LogP contribution in [0.4, 0.5) is 10.1 Å². The lowest BCUT2D eigenvalue weighted by molar-refractivity contribution is 0.631. The van der Waals surface area contributed by atoms with E-state index in [0.717, 1.165) is 0 Å². The van der Waals surface area contributed by atoms with Gasteiger partial charge in [0.25, 0.3) is 0 Å². The van der Waals surface area contributed by atoms with E-state index in [1.807, 2.05) is 6.07 Å². The second kappa shape index (κ2) is 32.8. The minimum absolute atomic E-state index is 0.136. The minimum Gasteiger partial charge on any atom is -0.310 e. The van der Waals surface area contributed by atoms with Gasteiger partial charge >= 0.3 is 0 Å². The molecule has 0 radical (unpaired) electrons. The Labute approximate surface area is 454 Å². The molecule has 0 spiro atoms. The van der Waals surface area contributed by atoms with Crippen LogP contribution in [0, 0.1) is 5.82 Å². The fraction of sp³-hybridized carbons (Fsp3) is 0.545. The summed E-state index contributed by atoms with van der Waals surface area (Å²) in [6.45, 7) is 21.4. The maximum Gasteiger partial charge on any atom is 0.147 e. The van der Waals surface area contributed by atoms with Crippen molar-refractivity contribution in [3.63, 3.8) is 0 Å². The van der Waals surface area contributed by atoms with Gasteiger partial charge in [-0.1, -0.05) is 363 Å². The Hall–Kier alpha value is -2.66. The first-order valence-electron chi connectivity index (χ1n) is 30.2. The summed E-state index contributed by atoms with van der Waals surface area (Å²) in [5, 5.41) is 10.2. The topological polar surface area (TPSA) is 3.24 Å². The zero-order valence-corrected chi connectivity index (χ0v) is 52.7. The first kappa shape index (κ1) is 61.2. The van der Waals surface area contributed by atoms with Crippen molar-refractivity contribution in [3.8, 4) is 0 Å². The van der Waals surface area contributed by atoms with E-state index in [4.69, 9.17) is 0 Å². The van der Waals surface area contributed by atoms with E-state index in [1.165, 1.54) is 191 Å². The number of hydrogen-bond donors (Lipinski definition) is 0. The summed E-state index contributed by atoms with van der Waals surface area (Å²) in [6, 6.07) is 62.2. The Morgan fingerprint density at radius 1 is 0.301 bits per heavy atom. The van der Waals surface area contributed by atoms with Crippen LogP contribution in [0.5, 0.6) is 0 Å². The standard InChI is InChI=1S/C66H102FNP2Si3/c1-10-19-49-71(50-20-11-2,51-21-12-3)62-43-37-59(38-44-62)69(58-33-29-28-30-34-58)68(66-36-32-31-35-65(66)67)70(60-39-45-63(46-40-60)72(52-22-13-4,53-23-14-5)54-24-15-6)61-41-47-64(48-42-61)73(55-25-16-7,56-26-17-8)57-27-18-9/h28-48H,10-27,49-57H2,1-9H3. The predicted octanol–water partition coefficient (Wildman–Crippen LogP) is 18.9. The summed E-state index contributed by atoms with van der Waals surface area (Å²) < 4.78 is 20.0. The summed E-state index contributed by atoms with van der Waals surface area (Å²) >= 11 is 0. The molecular formula is C66H102FNP2Si3. The van der Waals surface area contributed by atoms with Crippen molar-refractivity contribution < 1.29 is 4.39 Å². The number of halogens is 1. The van der Waals surface area contributed by atoms with E-state index in [2.05, 4.69) is 182 Å². The molecule has 0 saturated heterocycles. The first-order chi connectivity index (χ1) is 35.7. The van der Waals surface area contributed by atoms with Crippen LogP contribution in [0.2, 0.25) is 54.4 Å². The van der Waals surface area contributed by atoms with Gasteiger partial charge in [-0.25, -0.2) is 4.39 Å². The van der Waals surface area contributed by atoms with Crippen molar-refractivity contribution in [3.05, 3.63) is 133 Å². The molecule has 0 amide bonds. The molecule has 1 nitrogen and oxygen atoms in total. The molecule has 73 heavy (non-hydrogen) atoms. The average molecular weight is 1070 g/mol. The minimum atomic E-state index is -1.76. The molecule has 0 aliphatic carbocycles. The molecule has 0 aliphatic rings. The zero-order valence-electron chi connectivity index (χ0n) is 47.9. The zero-order chi connectivity index (χ0) is 52.4. The third-order valence-electron chi connectivity index (χ3n) is 16.7. The number of unbranched alkanes of at least 4 members (excludes halogenated alkanes) is 9. The quantitative estimate of drug-likeness (QED) is 0.0283. The van der Waals surface area contributed by atoms with E-state index >= 15 is 4.39 Å². The SMILES string of the molecule is CCCC[Si](CCCC)(CCCC)c1ccc(P(c2ccccc2)N(c2ccccc2F)P(c2ccc([Si](CCCC)(CCCC)CCCC)cc2)c2ccc([Si](CCCC)(CCCC)CCCC)cc2)cc1. The lowest BCUT2D eigenvalue weighted by atomic mass is 10.3. The molecule has 5 aromatic rings. The average Bonchev–Trinajstić information content (AvgIpc) is 3.43. The van der Waals surface area contributed by atoms with Gasteiger partial charge in [0.2, 0.25) is 0 Å². The largest absolute Gasteiger partial charge is 0.310 e. The van der Waals surface area contributed by atoms with E-state index in [0.29, 0.717) is 5.69 Å². The van der Waals surface area contributed by atoms with Gasteiger partial charge in [0.15, 0.2) is 0 Å². The van der Waals surface area contributed by atoms with Crippen molar-refractivity contribution >= 4 is 82.8 Å². The first-order valence-corrected chi connectivity index (χ1v) is 40.7. The number of para-hydroxylation sites is 1. The van der Waals surface area contributed by atoms with Crippen molar-refractivity contribution in [1.82, 2.24) is 0 Å². The Kier molecular flexibility index (Phi) is 27.5. The molecule has 7 heteroatoms. The summed E-state index contributed by atoms with van der Waals surface area (Å²) in [7, 11) is -7.75. The summed E-state index contributed by atoms with van der Waals surface area (Å²) in [5.41, 5.74) is 0.716. The van der Waals surface area contributed by atoms with Gasteiger partial charge in [-0.05, 0) is 12.1 Å². The van der Waals surface area contributed by atoms with Crippen LogP contribution < -0.4 is 41.2 Å². The number of rotatable bonds is 37. The van der Waals surface area contributed by atoms with Gasteiger partial charge in [-0.15, -0.1) is 0 Å². The van der Waals surface area contributed by atoms with Gasteiger partial charge in [-0.3, -0.25) is 0 Å². The van der Waals surface area contributed by atoms with Crippen LogP contribution in [0.15, 0.2) is 127 Å². The molecule has 400 valence electrons. The van der Waals surface area contributed by atoms with Crippen LogP contribution in [0.3, 0.4) is 0 Å². The molecule has 1 unspecified atom stereocenters. The summed E-state index contributed by atoms with van der Waals surface area (Å²) in [4.78, 5) is 0. The lowest BCUT2D eigenvalue weighted by Crippen LogP contribution is -2.48. The molecular weight excluding hydrogens is 972 g/mol. The summed E-state index contributed by atoms with van der Waals surface area (Å²) in [5.74, 6) is -0.136. The molecule has 1 atom stereocenters. The van der Waals surface area contributed by atoms with Crippen LogP contribution in [0.25, 0.3) is 0 Å². The fourth-order valence-corrected chi connectivity index (χ4v) is 34.8. The highest BCUT2D eigenvalue weighted by Crippen LogP contribution is 2.57. The maximum atomic E-state index is 17.3. The van der Waals surface area contributed by atoms with Crippen LogP contribution in [-0.2, 0) is 0 Å². The Balaban J connectivity index is 1.84. The van der Waals surface area contributed by atoms with E-state index in [9.17, 15) is 0 Å². The van der Waals surface area contributed by atoms with E-state index in [-0.39, 0.29) is 5.82 Å². The number of hydrogen-bond acceptors (Lipinski definition) is 1. The molecule has 0 N–H and O–H groups in total. The highest BCUT2D eigenvalue weighted by Gasteiger charge is 2.39. The third kappa shape index (κ3) is 16.7. The van der Waals surface area contributed by atoms with Crippen molar-refractivity contribution in [2.24, 2.45) is 0 Å². The van der Waals surface area contributed by atoms with Gasteiger partial charge < -0.3 is 4.44 Å². The number of benzene rings is 5. The second-order valence-electron chi connectivity index (χ2n) is 22.1. The Morgan fingerprint density at radius 2 is 0.534 bits per heavy atom. The molecule has 0 saturated carbocycles. The Morgan fingerprint density at radius 3 is 0.781 bits per heavy atom. The van der Waals surface area contributed by atoms with Gasteiger partial charge in [0.1, 0.15) is 5.82 Å². The monoisotopic (exact) mass is 1070 g/mol. The number of nitrogens with zero attached hydrogens (tertiary/aromatic N) is 1. The number of anilines is 1. The molecule has 0 aliphatic heterocycles. The molecule has 0 fully saturated rings. The van der Waals surface area contributed by atoms with E-state index < -0.39 is 40.4 Å². The van der Waals surface area contributed by atoms with Gasteiger partial charge in [0, 0.05) is 21.2 Å². The summed E-state index contributed by atoms with van der Waals surface area (Å²) in [6.07, 6.45) is 23.2. The lowest BCUT2D eigenvalue weighted by Gasteiger charge is -2.41. The van der Waals surface area contributed by atoms with Gasteiger partial charge in [-0.2, -0.15) is 0 Å². The highest BCUT2D eigenvalue weighted by atomic mass is 31.2. The molecule has 5 aromatic carbocycles.